The summed E-state index contributed by atoms with van der Waals surface area (Å²) >= 11 is 1.93. The first-order valence-electron chi connectivity index (χ1n) is 6.06. The van der Waals surface area contributed by atoms with Gasteiger partial charge >= 0.3 is 0 Å². The molecule has 0 rings (SSSR count). The molecular formula is C12H31NS. The van der Waals surface area contributed by atoms with Crippen molar-refractivity contribution in [3.8, 4) is 0 Å². The van der Waals surface area contributed by atoms with Crippen LogP contribution in [0.4, 0.5) is 0 Å². The molecule has 0 spiro atoms. The Hall–Kier alpha value is 0.310. The molecule has 2 heteroatoms. The van der Waals surface area contributed by atoms with Gasteiger partial charge in [-0.2, -0.15) is 11.8 Å². The molecule has 1 nitrogen and oxygen atoms in total. The van der Waals surface area contributed by atoms with Gasteiger partial charge in [0, 0.05) is 12.3 Å². The molecule has 0 heterocycles. The highest BCUT2D eigenvalue weighted by Crippen LogP contribution is 1.95. The third kappa shape index (κ3) is 18.2. The van der Waals surface area contributed by atoms with Crippen LogP contribution in [-0.4, -0.2) is 36.5 Å². The van der Waals surface area contributed by atoms with Gasteiger partial charge in [-0.05, 0) is 25.8 Å². The molecule has 0 amide bonds. The van der Waals surface area contributed by atoms with E-state index in [9.17, 15) is 0 Å². The molecule has 14 heavy (non-hydrogen) atoms. The lowest BCUT2D eigenvalue weighted by Crippen LogP contribution is -2.26. The first kappa shape index (κ1) is 19.8. The highest BCUT2D eigenvalue weighted by molar-refractivity contribution is 7.98. The van der Waals surface area contributed by atoms with E-state index >= 15 is 0 Å². The van der Waals surface area contributed by atoms with E-state index in [0.717, 1.165) is 0 Å². The molecule has 0 saturated carbocycles. The van der Waals surface area contributed by atoms with Gasteiger partial charge in [-0.25, -0.2) is 0 Å². The molecule has 0 bridgehead atoms. The van der Waals surface area contributed by atoms with E-state index < -0.39 is 0 Å². The molecule has 0 atom stereocenters. The summed E-state index contributed by atoms with van der Waals surface area (Å²) in [5.74, 6) is 1.27. The van der Waals surface area contributed by atoms with Crippen LogP contribution < -0.4 is 0 Å². The molecule has 0 saturated heterocycles. The third-order valence-electron chi connectivity index (χ3n) is 1.60. The van der Waals surface area contributed by atoms with Gasteiger partial charge in [-0.1, -0.05) is 41.5 Å². The van der Waals surface area contributed by atoms with Gasteiger partial charge in [-0.3, -0.25) is 0 Å². The maximum absolute atomic E-state index is 2.50. The minimum absolute atomic E-state index is 1.20. The molecule has 0 aliphatic rings. The molecule has 0 fully saturated rings. The molecule has 0 aliphatic carbocycles. The topological polar surface area (TPSA) is 3.24 Å². The average molecular weight is 221 g/mol. The third-order valence-corrected chi connectivity index (χ3v) is 2.19. The monoisotopic (exact) mass is 221 g/mol. The summed E-state index contributed by atoms with van der Waals surface area (Å²) in [6, 6.07) is 0. The molecule has 0 aromatic rings. The van der Waals surface area contributed by atoms with Crippen molar-refractivity contribution in [3.63, 3.8) is 0 Å². The molecule has 0 N–H and O–H groups in total. The van der Waals surface area contributed by atoms with Crippen molar-refractivity contribution in [2.75, 3.05) is 31.6 Å². The van der Waals surface area contributed by atoms with Crippen molar-refractivity contribution in [2.24, 2.45) is 0 Å². The van der Waals surface area contributed by atoms with Gasteiger partial charge in [0.25, 0.3) is 0 Å². The zero-order valence-electron chi connectivity index (χ0n) is 11.4. The van der Waals surface area contributed by atoms with Crippen molar-refractivity contribution in [2.45, 2.75) is 48.0 Å². The highest BCUT2D eigenvalue weighted by atomic mass is 32.2. The van der Waals surface area contributed by atoms with E-state index in [2.05, 4.69) is 25.0 Å². The minimum Gasteiger partial charge on any atom is -0.303 e. The molecule has 0 aromatic carbocycles. The first-order chi connectivity index (χ1) is 6.85. The second-order valence-corrected chi connectivity index (χ2v) is 3.41. The molecule has 0 aliphatic heterocycles. The van der Waals surface area contributed by atoms with E-state index in [-0.39, 0.29) is 0 Å². The summed E-state index contributed by atoms with van der Waals surface area (Å²) in [6.45, 7) is 16.2. The Labute approximate surface area is 96.6 Å². The summed E-state index contributed by atoms with van der Waals surface area (Å²) in [4.78, 5) is 2.50. The van der Waals surface area contributed by atoms with Gasteiger partial charge in [0.05, 0.1) is 0 Å². The highest BCUT2D eigenvalue weighted by Gasteiger charge is 1.97. The Morgan fingerprint density at radius 3 is 1.71 bits per heavy atom. The van der Waals surface area contributed by atoms with E-state index in [1.807, 2.05) is 39.5 Å². The smallest absolute Gasteiger partial charge is 0.00721 e. The van der Waals surface area contributed by atoms with Crippen molar-refractivity contribution in [1.29, 1.82) is 0 Å². The van der Waals surface area contributed by atoms with Crippen LogP contribution in [0.1, 0.15) is 48.0 Å². The lowest BCUT2D eigenvalue weighted by Gasteiger charge is -2.18. The fourth-order valence-corrected chi connectivity index (χ4v) is 1.41. The van der Waals surface area contributed by atoms with Crippen LogP contribution in [0.15, 0.2) is 0 Å². The Morgan fingerprint density at radius 1 is 0.929 bits per heavy atom. The Bertz CT molecular complexity index is 67.3. The van der Waals surface area contributed by atoms with Crippen LogP contribution in [-0.2, 0) is 0 Å². The maximum atomic E-state index is 2.50. The second kappa shape index (κ2) is 23.3. The summed E-state index contributed by atoms with van der Waals surface area (Å²) < 4.78 is 0. The number of thioether (sulfide) groups is 1. The van der Waals surface area contributed by atoms with Crippen molar-refractivity contribution >= 4 is 11.8 Å². The normalized spacial score (nSPS) is 8.57. The number of rotatable bonds is 6. The van der Waals surface area contributed by atoms with Gasteiger partial charge < -0.3 is 4.90 Å². The maximum Gasteiger partial charge on any atom is 0.00721 e. The predicted molar refractivity (Wildman–Crippen MR) is 73.5 cm³/mol. The molecule has 0 radical (unpaired) electrons. The summed E-state index contributed by atoms with van der Waals surface area (Å²) in [7, 11) is 0. The van der Waals surface area contributed by atoms with Crippen LogP contribution in [0.5, 0.6) is 0 Å². The summed E-state index contributed by atoms with van der Waals surface area (Å²) in [5.41, 5.74) is 0. The van der Waals surface area contributed by atoms with E-state index in [1.54, 1.807) is 0 Å². The quantitative estimate of drug-likeness (QED) is 0.663. The fourth-order valence-electron chi connectivity index (χ4n) is 0.965. The zero-order valence-corrected chi connectivity index (χ0v) is 12.2. The van der Waals surface area contributed by atoms with Gasteiger partial charge in [0.2, 0.25) is 0 Å². The van der Waals surface area contributed by atoms with Crippen LogP contribution in [0.25, 0.3) is 0 Å². The largest absolute Gasteiger partial charge is 0.303 e. The van der Waals surface area contributed by atoms with E-state index in [4.69, 9.17) is 0 Å². The number of hydrogen-bond donors (Lipinski definition) is 0. The second-order valence-electron chi connectivity index (χ2n) is 2.43. The molecule has 0 unspecified atom stereocenters. The summed E-state index contributed by atoms with van der Waals surface area (Å²) in [5, 5.41) is 0. The van der Waals surface area contributed by atoms with Crippen molar-refractivity contribution in [1.82, 2.24) is 4.90 Å². The molecule has 90 valence electrons. The van der Waals surface area contributed by atoms with Crippen LogP contribution >= 0.6 is 11.8 Å². The predicted octanol–water partition coefficient (Wildman–Crippen LogP) is 4.13. The molecular weight excluding hydrogens is 190 g/mol. The lowest BCUT2D eigenvalue weighted by molar-refractivity contribution is 0.307. The van der Waals surface area contributed by atoms with Gasteiger partial charge in [0.1, 0.15) is 0 Å². The summed E-state index contributed by atoms with van der Waals surface area (Å²) in [6.07, 6.45) is 3.45. The van der Waals surface area contributed by atoms with Crippen LogP contribution in [0.2, 0.25) is 0 Å². The number of hydrogen-bond acceptors (Lipinski definition) is 2. The lowest BCUT2D eigenvalue weighted by atomic mass is 10.4. The Kier molecular flexibility index (Phi) is 32.9. The Balaban J connectivity index is -0.000000266. The SMILES string of the molecule is CC.CC.CCCN(CC)CCSC. The number of nitrogens with zero attached hydrogens (tertiary/aromatic N) is 1. The minimum atomic E-state index is 1.20. The van der Waals surface area contributed by atoms with Gasteiger partial charge in [0.15, 0.2) is 0 Å². The Morgan fingerprint density at radius 2 is 1.43 bits per heavy atom. The van der Waals surface area contributed by atoms with E-state index in [0.29, 0.717) is 0 Å². The van der Waals surface area contributed by atoms with Crippen molar-refractivity contribution < 1.29 is 0 Å². The molecule has 0 aromatic heterocycles. The first-order valence-corrected chi connectivity index (χ1v) is 7.45. The van der Waals surface area contributed by atoms with Gasteiger partial charge in [-0.15, -0.1) is 0 Å². The van der Waals surface area contributed by atoms with Crippen LogP contribution in [0.3, 0.4) is 0 Å². The fraction of sp³-hybridized carbons (Fsp3) is 1.00. The van der Waals surface area contributed by atoms with Crippen LogP contribution in [0, 0.1) is 0 Å². The standard InChI is InChI=1S/C8H19NS.2C2H6/c1-4-6-9(5-2)7-8-10-3;2*1-2/h4-8H2,1-3H3;2*1-2H3. The average Bonchev–Trinajstić information content (AvgIpc) is 2.29. The zero-order chi connectivity index (χ0) is 11.8. The van der Waals surface area contributed by atoms with Crippen molar-refractivity contribution in [3.05, 3.63) is 0 Å². The van der Waals surface area contributed by atoms with E-state index in [1.165, 1.54) is 31.8 Å².